The van der Waals surface area contributed by atoms with Crippen molar-refractivity contribution in [1.82, 2.24) is 4.90 Å². The summed E-state index contributed by atoms with van der Waals surface area (Å²) < 4.78 is 32.0. The molecule has 0 saturated carbocycles. The van der Waals surface area contributed by atoms with E-state index in [1.165, 1.54) is 13.2 Å². The van der Waals surface area contributed by atoms with Crippen LogP contribution in [0, 0.1) is 11.6 Å². The zero-order valence-corrected chi connectivity index (χ0v) is 10.3. The van der Waals surface area contributed by atoms with Crippen LogP contribution in [0.25, 0.3) is 0 Å². The summed E-state index contributed by atoms with van der Waals surface area (Å²) in [6, 6.07) is 2.33. The highest BCUT2D eigenvalue weighted by atomic mass is 19.1. The van der Waals surface area contributed by atoms with E-state index < -0.39 is 6.10 Å². The summed E-state index contributed by atoms with van der Waals surface area (Å²) in [6.45, 7) is 1.60. The topological polar surface area (TPSA) is 32.7 Å². The molecular formula is C13H17F2NO2. The predicted octanol–water partition coefficient (Wildman–Crippen LogP) is 1.33. The number of fused-ring (bicyclic) bond motifs is 1. The lowest BCUT2D eigenvalue weighted by atomic mass is 9.98. The highest BCUT2D eigenvalue weighted by molar-refractivity contribution is 5.32. The molecule has 1 N–H and O–H groups in total. The van der Waals surface area contributed by atoms with Crippen LogP contribution in [-0.4, -0.2) is 42.9 Å². The van der Waals surface area contributed by atoms with Crippen LogP contribution in [0.2, 0.25) is 0 Å². The molecule has 0 fully saturated rings. The molecule has 18 heavy (non-hydrogen) atoms. The second-order valence-corrected chi connectivity index (χ2v) is 4.58. The van der Waals surface area contributed by atoms with Gasteiger partial charge in [-0.05, 0) is 24.1 Å². The number of β-amino-alcohol motifs (C(OH)–C–C–N with tert-alkyl or cyclic N) is 1. The number of hydrogen-bond acceptors (Lipinski definition) is 3. The standard InChI is InChI=1S/C13H17F2NO2/c1-18-8-9(17)6-16-5-4-10-11(7-16)13(15)3-2-12(10)14/h2-3,9,17H,4-8H2,1H3/t9-/m0/s1. The van der Waals surface area contributed by atoms with Gasteiger partial charge in [-0.1, -0.05) is 0 Å². The van der Waals surface area contributed by atoms with Crippen molar-refractivity contribution >= 4 is 0 Å². The molecule has 0 aromatic heterocycles. The normalized spacial score (nSPS) is 17.6. The number of rotatable bonds is 4. The minimum absolute atomic E-state index is 0.245. The largest absolute Gasteiger partial charge is 0.389 e. The molecule has 1 atom stereocenters. The van der Waals surface area contributed by atoms with Crippen molar-refractivity contribution < 1.29 is 18.6 Å². The Labute approximate surface area is 105 Å². The molecule has 2 rings (SSSR count). The number of aliphatic hydroxyl groups is 1. The minimum Gasteiger partial charge on any atom is -0.389 e. The van der Waals surface area contributed by atoms with E-state index in [1.54, 1.807) is 0 Å². The van der Waals surface area contributed by atoms with E-state index in [-0.39, 0.29) is 18.2 Å². The lowest BCUT2D eigenvalue weighted by Crippen LogP contribution is -2.38. The van der Waals surface area contributed by atoms with Crippen LogP contribution in [0.15, 0.2) is 12.1 Å². The van der Waals surface area contributed by atoms with Crippen molar-refractivity contribution in [2.24, 2.45) is 0 Å². The van der Waals surface area contributed by atoms with Gasteiger partial charge in [0.15, 0.2) is 0 Å². The van der Waals surface area contributed by atoms with Crippen LogP contribution in [0.1, 0.15) is 11.1 Å². The van der Waals surface area contributed by atoms with Crippen LogP contribution in [0.3, 0.4) is 0 Å². The van der Waals surface area contributed by atoms with Gasteiger partial charge in [-0.2, -0.15) is 0 Å². The van der Waals surface area contributed by atoms with E-state index in [9.17, 15) is 13.9 Å². The van der Waals surface area contributed by atoms with Crippen molar-refractivity contribution in [2.75, 3.05) is 26.8 Å². The van der Waals surface area contributed by atoms with E-state index in [0.717, 1.165) is 6.07 Å². The van der Waals surface area contributed by atoms with Gasteiger partial charge in [-0.15, -0.1) is 0 Å². The fourth-order valence-electron chi connectivity index (χ4n) is 2.35. The molecule has 0 amide bonds. The van der Waals surface area contributed by atoms with E-state index >= 15 is 0 Å². The summed E-state index contributed by atoms with van der Waals surface area (Å²) in [5, 5.41) is 9.64. The predicted molar refractivity (Wildman–Crippen MR) is 63.2 cm³/mol. The Morgan fingerprint density at radius 2 is 2.00 bits per heavy atom. The molecular weight excluding hydrogens is 240 g/mol. The lowest BCUT2D eigenvalue weighted by molar-refractivity contribution is 0.0341. The fraction of sp³-hybridized carbons (Fsp3) is 0.538. The average molecular weight is 257 g/mol. The molecule has 0 aliphatic carbocycles. The Morgan fingerprint density at radius 1 is 1.33 bits per heavy atom. The maximum atomic E-state index is 13.6. The molecule has 0 bridgehead atoms. The third-order valence-corrected chi connectivity index (χ3v) is 3.20. The molecule has 1 aliphatic rings. The Kier molecular flexibility index (Phi) is 4.27. The van der Waals surface area contributed by atoms with Crippen molar-refractivity contribution in [3.63, 3.8) is 0 Å². The van der Waals surface area contributed by atoms with E-state index in [0.29, 0.717) is 37.2 Å². The monoisotopic (exact) mass is 257 g/mol. The number of halogens is 2. The quantitative estimate of drug-likeness (QED) is 0.883. The summed E-state index contributed by atoms with van der Waals surface area (Å²) in [4.78, 5) is 1.91. The van der Waals surface area contributed by atoms with E-state index in [4.69, 9.17) is 4.74 Å². The van der Waals surface area contributed by atoms with Crippen molar-refractivity contribution in [2.45, 2.75) is 19.1 Å². The Balaban J connectivity index is 2.08. The number of ether oxygens (including phenoxy) is 1. The van der Waals surface area contributed by atoms with Crippen LogP contribution in [0.4, 0.5) is 8.78 Å². The van der Waals surface area contributed by atoms with Gasteiger partial charge in [-0.3, -0.25) is 4.90 Å². The molecule has 0 spiro atoms. The molecule has 100 valence electrons. The summed E-state index contributed by atoms with van der Waals surface area (Å²) in [5.74, 6) is -0.721. The highest BCUT2D eigenvalue weighted by Crippen LogP contribution is 2.24. The first-order valence-electron chi connectivity index (χ1n) is 5.97. The van der Waals surface area contributed by atoms with Gasteiger partial charge >= 0.3 is 0 Å². The molecule has 0 saturated heterocycles. The Bertz CT molecular complexity index is 426. The van der Waals surface area contributed by atoms with Gasteiger partial charge in [0, 0.05) is 32.3 Å². The molecule has 1 aromatic rings. The number of hydrogen-bond donors (Lipinski definition) is 1. The third kappa shape index (κ3) is 2.85. The number of benzene rings is 1. The van der Waals surface area contributed by atoms with Crippen LogP contribution in [-0.2, 0) is 17.7 Å². The SMILES string of the molecule is COC[C@@H](O)CN1CCc2c(F)ccc(F)c2C1. The molecule has 1 aliphatic heterocycles. The minimum atomic E-state index is -0.604. The first kappa shape index (κ1) is 13.4. The number of nitrogens with zero attached hydrogens (tertiary/aromatic N) is 1. The van der Waals surface area contributed by atoms with Crippen LogP contribution < -0.4 is 0 Å². The van der Waals surface area contributed by atoms with Gasteiger partial charge in [0.2, 0.25) is 0 Å². The highest BCUT2D eigenvalue weighted by Gasteiger charge is 2.23. The third-order valence-electron chi connectivity index (χ3n) is 3.20. The van der Waals surface area contributed by atoms with Gasteiger partial charge in [0.1, 0.15) is 11.6 Å². The molecule has 1 aromatic carbocycles. The summed E-state index contributed by atoms with van der Waals surface area (Å²) >= 11 is 0. The smallest absolute Gasteiger partial charge is 0.128 e. The average Bonchev–Trinajstić information content (AvgIpc) is 2.34. The lowest BCUT2D eigenvalue weighted by Gasteiger charge is -2.30. The van der Waals surface area contributed by atoms with Crippen molar-refractivity contribution in [1.29, 1.82) is 0 Å². The van der Waals surface area contributed by atoms with Crippen LogP contribution in [0.5, 0.6) is 0 Å². The zero-order valence-electron chi connectivity index (χ0n) is 10.3. The number of methoxy groups -OCH3 is 1. The van der Waals surface area contributed by atoms with Gasteiger partial charge in [-0.25, -0.2) is 8.78 Å². The summed E-state index contributed by atoms with van der Waals surface area (Å²) in [5.41, 5.74) is 0.873. The summed E-state index contributed by atoms with van der Waals surface area (Å²) in [7, 11) is 1.52. The Hall–Kier alpha value is -1.04. The Morgan fingerprint density at radius 3 is 2.67 bits per heavy atom. The van der Waals surface area contributed by atoms with Crippen molar-refractivity contribution in [3.05, 3.63) is 34.9 Å². The fourth-order valence-corrected chi connectivity index (χ4v) is 2.35. The van der Waals surface area contributed by atoms with Crippen molar-refractivity contribution in [3.8, 4) is 0 Å². The first-order chi connectivity index (χ1) is 8.61. The molecule has 3 nitrogen and oxygen atoms in total. The second kappa shape index (κ2) is 5.73. The molecule has 0 radical (unpaired) electrons. The molecule has 0 unspecified atom stereocenters. The maximum Gasteiger partial charge on any atom is 0.128 e. The van der Waals surface area contributed by atoms with E-state index in [2.05, 4.69) is 0 Å². The van der Waals surface area contributed by atoms with Gasteiger partial charge in [0.05, 0.1) is 12.7 Å². The second-order valence-electron chi connectivity index (χ2n) is 4.58. The summed E-state index contributed by atoms with van der Waals surface area (Å²) in [6.07, 6.45) is -0.133. The zero-order chi connectivity index (χ0) is 13.1. The first-order valence-corrected chi connectivity index (χ1v) is 5.97. The van der Waals surface area contributed by atoms with Gasteiger partial charge < -0.3 is 9.84 Å². The van der Waals surface area contributed by atoms with E-state index in [1.807, 2.05) is 4.90 Å². The molecule has 1 heterocycles. The number of aliphatic hydroxyl groups excluding tert-OH is 1. The van der Waals surface area contributed by atoms with Crippen LogP contribution >= 0.6 is 0 Å². The molecule has 5 heteroatoms. The maximum absolute atomic E-state index is 13.6. The van der Waals surface area contributed by atoms with Gasteiger partial charge in [0.25, 0.3) is 0 Å².